The Balaban J connectivity index is 1.84. The van der Waals surface area contributed by atoms with Crippen LogP contribution in [0, 0.1) is 0 Å². The van der Waals surface area contributed by atoms with Crippen LogP contribution in [0.2, 0.25) is 0 Å². The minimum absolute atomic E-state index is 0.0961. The monoisotopic (exact) mass is 334 g/mol. The number of hydrogen-bond donors (Lipinski definition) is 2. The fraction of sp³-hybridized carbons (Fsp3) is 0.471. The van der Waals surface area contributed by atoms with Gasteiger partial charge in [0.1, 0.15) is 0 Å². The molecular weight excluding hydrogens is 312 g/mol. The van der Waals surface area contributed by atoms with Crippen molar-refractivity contribution in [2.45, 2.75) is 38.6 Å². The van der Waals surface area contributed by atoms with Gasteiger partial charge in [0, 0.05) is 11.6 Å². The van der Waals surface area contributed by atoms with Crippen LogP contribution in [0.5, 0.6) is 11.5 Å². The van der Waals surface area contributed by atoms with Gasteiger partial charge in [-0.1, -0.05) is 12.8 Å². The summed E-state index contributed by atoms with van der Waals surface area (Å²) in [5, 5.41) is 5.00. The number of hydrogen-bond acceptors (Lipinski definition) is 5. The molecule has 7 heteroatoms. The molecule has 7 nitrogen and oxygen atoms in total. The van der Waals surface area contributed by atoms with E-state index in [0.717, 1.165) is 25.7 Å². The first kappa shape index (κ1) is 17.8. The molecule has 130 valence electrons. The van der Waals surface area contributed by atoms with Gasteiger partial charge in [0.25, 0.3) is 5.91 Å². The summed E-state index contributed by atoms with van der Waals surface area (Å²) in [6.45, 7) is 1.12. The van der Waals surface area contributed by atoms with E-state index in [1.165, 1.54) is 14.0 Å². The van der Waals surface area contributed by atoms with Gasteiger partial charge in [0.2, 0.25) is 0 Å². The summed E-state index contributed by atoms with van der Waals surface area (Å²) in [5.41, 5.74) is 0.486. The van der Waals surface area contributed by atoms with Crippen molar-refractivity contribution in [3.8, 4) is 11.5 Å². The number of rotatable bonds is 6. The number of carbonyl (C=O) groups is 3. The smallest absolute Gasteiger partial charge is 0.321 e. The second-order valence-electron chi connectivity index (χ2n) is 5.71. The molecule has 24 heavy (non-hydrogen) atoms. The molecule has 0 atom stereocenters. The Hall–Kier alpha value is -2.57. The van der Waals surface area contributed by atoms with E-state index in [9.17, 15) is 14.4 Å². The predicted octanol–water partition coefficient (Wildman–Crippen LogP) is 2.04. The Kier molecular flexibility index (Phi) is 6.17. The lowest BCUT2D eigenvalue weighted by Gasteiger charge is -2.13. The number of ketones is 1. The predicted molar refractivity (Wildman–Crippen MR) is 87.4 cm³/mol. The molecule has 1 aliphatic carbocycles. The number of benzene rings is 1. The van der Waals surface area contributed by atoms with Gasteiger partial charge in [0.15, 0.2) is 23.9 Å². The number of Topliss-reactive ketones (excluding diaryl/α,β-unsaturated/α-hetero) is 1. The minimum Gasteiger partial charge on any atom is -0.493 e. The number of amides is 3. The van der Waals surface area contributed by atoms with Crippen LogP contribution < -0.4 is 20.1 Å². The largest absolute Gasteiger partial charge is 0.493 e. The molecule has 0 unspecified atom stereocenters. The second kappa shape index (κ2) is 8.33. The average Bonchev–Trinajstić information content (AvgIpc) is 3.05. The highest BCUT2D eigenvalue weighted by molar-refractivity contribution is 5.95. The molecule has 0 aliphatic heterocycles. The van der Waals surface area contributed by atoms with Gasteiger partial charge < -0.3 is 14.8 Å². The number of nitrogens with one attached hydrogen (secondary N) is 2. The first-order valence-electron chi connectivity index (χ1n) is 7.91. The van der Waals surface area contributed by atoms with Gasteiger partial charge in [-0.15, -0.1) is 0 Å². The quantitative estimate of drug-likeness (QED) is 0.777. The van der Waals surface area contributed by atoms with Gasteiger partial charge in [-0.2, -0.15) is 0 Å². The third kappa shape index (κ3) is 4.97. The van der Waals surface area contributed by atoms with Crippen molar-refractivity contribution in [1.29, 1.82) is 0 Å². The highest BCUT2D eigenvalue weighted by Gasteiger charge is 2.18. The number of methoxy groups -OCH3 is 1. The highest BCUT2D eigenvalue weighted by atomic mass is 16.5. The van der Waals surface area contributed by atoms with Gasteiger partial charge in [-0.25, -0.2) is 4.79 Å². The van der Waals surface area contributed by atoms with E-state index < -0.39 is 11.9 Å². The summed E-state index contributed by atoms with van der Waals surface area (Å²) < 4.78 is 10.5. The molecule has 1 aromatic carbocycles. The molecule has 2 rings (SSSR count). The zero-order chi connectivity index (χ0) is 17.5. The van der Waals surface area contributed by atoms with Crippen molar-refractivity contribution in [2.75, 3.05) is 13.7 Å². The summed E-state index contributed by atoms with van der Waals surface area (Å²) in [4.78, 5) is 34.8. The van der Waals surface area contributed by atoms with E-state index in [-0.39, 0.29) is 18.4 Å². The van der Waals surface area contributed by atoms with Crippen LogP contribution in [-0.4, -0.2) is 37.5 Å². The molecule has 0 aromatic heterocycles. The maximum Gasteiger partial charge on any atom is 0.321 e. The van der Waals surface area contributed by atoms with Crippen LogP contribution in [0.25, 0.3) is 0 Å². The molecule has 1 fully saturated rings. The molecule has 1 aromatic rings. The fourth-order valence-corrected chi connectivity index (χ4v) is 2.60. The van der Waals surface area contributed by atoms with Crippen molar-refractivity contribution < 1.29 is 23.9 Å². The number of ether oxygens (including phenoxy) is 2. The van der Waals surface area contributed by atoms with E-state index in [2.05, 4.69) is 10.6 Å². The first-order valence-corrected chi connectivity index (χ1v) is 7.91. The summed E-state index contributed by atoms with van der Waals surface area (Å²) in [6.07, 6.45) is 4.08. The average molecular weight is 334 g/mol. The topological polar surface area (TPSA) is 93.7 Å². The number of imide groups is 1. The molecule has 0 radical (unpaired) electrons. The summed E-state index contributed by atoms with van der Waals surface area (Å²) in [6, 6.07) is 4.32. The van der Waals surface area contributed by atoms with Gasteiger partial charge in [-0.3, -0.25) is 14.9 Å². The van der Waals surface area contributed by atoms with Crippen molar-refractivity contribution in [2.24, 2.45) is 0 Å². The molecule has 0 saturated heterocycles. The zero-order valence-electron chi connectivity index (χ0n) is 13.9. The van der Waals surface area contributed by atoms with Crippen LogP contribution in [0.4, 0.5) is 4.79 Å². The van der Waals surface area contributed by atoms with E-state index in [0.29, 0.717) is 17.1 Å². The Morgan fingerprint density at radius 1 is 1.17 bits per heavy atom. The normalized spacial score (nSPS) is 14.1. The highest BCUT2D eigenvalue weighted by Crippen LogP contribution is 2.28. The third-order valence-corrected chi connectivity index (χ3v) is 3.87. The number of urea groups is 1. The Labute approximate surface area is 140 Å². The fourth-order valence-electron chi connectivity index (χ4n) is 2.60. The van der Waals surface area contributed by atoms with Crippen molar-refractivity contribution in [3.05, 3.63) is 23.8 Å². The van der Waals surface area contributed by atoms with Crippen molar-refractivity contribution in [3.63, 3.8) is 0 Å². The molecule has 1 aliphatic rings. The van der Waals surface area contributed by atoms with E-state index in [1.54, 1.807) is 18.2 Å². The molecule has 2 N–H and O–H groups in total. The summed E-state index contributed by atoms with van der Waals surface area (Å²) in [5.74, 6) is 0.0316. The van der Waals surface area contributed by atoms with Gasteiger partial charge in [0.05, 0.1) is 7.11 Å². The lowest BCUT2D eigenvalue weighted by molar-refractivity contribution is -0.122. The van der Waals surface area contributed by atoms with Crippen molar-refractivity contribution >= 4 is 17.7 Å². The minimum atomic E-state index is -0.553. The number of carbonyl (C=O) groups excluding carboxylic acids is 3. The molecule has 3 amide bonds. The maximum atomic E-state index is 11.8. The van der Waals surface area contributed by atoms with Crippen LogP contribution in [0.15, 0.2) is 18.2 Å². The molecule has 1 saturated carbocycles. The third-order valence-electron chi connectivity index (χ3n) is 3.87. The molecule has 0 heterocycles. The standard InChI is InChI=1S/C17H22N2O5/c1-11(20)12-7-8-14(15(9-12)23-2)24-10-16(21)19-17(22)18-13-5-3-4-6-13/h7-9,13H,3-6,10H2,1-2H3,(H2,18,19,21,22). The summed E-state index contributed by atoms with van der Waals surface area (Å²) >= 11 is 0. The molecule has 0 spiro atoms. The summed E-state index contributed by atoms with van der Waals surface area (Å²) in [7, 11) is 1.45. The van der Waals surface area contributed by atoms with Crippen LogP contribution in [0.3, 0.4) is 0 Å². The van der Waals surface area contributed by atoms with Gasteiger partial charge in [-0.05, 0) is 38.0 Å². The first-order chi connectivity index (χ1) is 11.5. The Bertz CT molecular complexity index is 623. The molecular formula is C17H22N2O5. The SMILES string of the molecule is COc1cc(C(C)=O)ccc1OCC(=O)NC(=O)NC1CCCC1. The van der Waals surface area contributed by atoms with Crippen LogP contribution in [0.1, 0.15) is 43.0 Å². The van der Waals surface area contributed by atoms with Gasteiger partial charge >= 0.3 is 6.03 Å². The van der Waals surface area contributed by atoms with Crippen molar-refractivity contribution in [1.82, 2.24) is 10.6 Å². The van der Waals surface area contributed by atoms with E-state index in [1.807, 2.05) is 0 Å². The molecule has 0 bridgehead atoms. The zero-order valence-corrected chi connectivity index (χ0v) is 13.9. The van der Waals surface area contributed by atoms with Crippen LogP contribution >= 0.6 is 0 Å². The Morgan fingerprint density at radius 2 is 1.88 bits per heavy atom. The second-order valence-corrected chi connectivity index (χ2v) is 5.71. The lowest BCUT2D eigenvalue weighted by Crippen LogP contribution is -2.45. The lowest BCUT2D eigenvalue weighted by atomic mass is 10.1. The maximum absolute atomic E-state index is 11.8. The van der Waals surface area contributed by atoms with Crippen LogP contribution in [-0.2, 0) is 4.79 Å². The van der Waals surface area contributed by atoms with E-state index in [4.69, 9.17) is 9.47 Å². The van der Waals surface area contributed by atoms with E-state index >= 15 is 0 Å². The Morgan fingerprint density at radius 3 is 2.50 bits per heavy atom.